The van der Waals surface area contributed by atoms with Crippen LogP contribution in [0.1, 0.15) is 29.9 Å². The number of fused-ring (bicyclic) bond motifs is 1. The first kappa shape index (κ1) is 17.3. The van der Waals surface area contributed by atoms with E-state index in [2.05, 4.69) is 5.10 Å². The predicted molar refractivity (Wildman–Crippen MR) is 101 cm³/mol. The topological polar surface area (TPSA) is 47.4 Å². The van der Waals surface area contributed by atoms with Crippen molar-refractivity contribution in [2.45, 2.75) is 26.3 Å². The molecule has 4 rings (SSSR count). The molecule has 5 nitrogen and oxygen atoms in total. The Bertz CT molecular complexity index is 981. The maximum absolute atomic E-state index is 13.3. The fourth-order valence-electron chi connectivity index (χ4n) is 3.48. The van der Waals surface area contributed by atoms with Gasteiger partial charge in [0, 0.05) is 11.7 Å². The van der Waals surface area contributed by atoms with E-state index in [1.165, 1.54) is 12.1 Å². The molecule has 0 saturated carbocycles. The van der Waals surface area contributed by atoms with Crippen molar-refractivity contribution in [1.29, 1.82) is 0 Å². The number of hydrogen-bond donors (Lipinski definition) is 0. The lowest BCUT2D eigenvalue weighted by Gasteiger charge is -2.22. The van der Waals surface area contributed by atoms with Crippen molar-refractivity contribution >= 4 is 11.6 Å². The summed E-state index contributed by atoms with van der Waals surface area (Å²) in [5.41, 5.74) is 2.97. The van der Waals surface area contributed by atoms with E-state index in [1.807, 2.05) is 38.1 Å². The van der Waals surface area contributed by atoms with Gasteiger partial charge < -0.3 is 9.64 Å². The molecule has 2 heterocycles. The number of halogens is 1. The second kappa shape index (κ2) is 6.87. The van der Waals surface area contributed by atoms with Gasteiger partial charge in [-0.05, 0) is 56.2 Å². The fourth-order valence-corrected chi connectivity index (χ4v) is 3.48. The molecule has 0 unspecified atom stereocenters. The zero-order valence-corrected chi connectivity index (χ0v) is 15.2. The lowest BCUT2D eigenvalue weighted by Crippen LogP contribution is -2.36. The van der Waals surface area contributed by atoms with Crippen LogP contribution in [0.25, 0.3) is 5.69 Å². The maximum atomic E-state index is 13.3. The van der Waals surface area contributed by atoms with Crippen molar-refractivity contribution in [2.24, 2.45) is 0 Å². The first-order chi connectivity index (χ1) is 13.1. The van der Waals surface area contributed by atoms with Gasteiger partial charge in [0.1, 0.15) is 5.82 Å². The molecule has 1 amide bonds. The summed E-state index contributed by atoms with van der Waals surface area (Å²) in [5, 5.41) is 4.46. The normalized spacial score (nSPS) is 15.7. The third-order valence-corrected chi connectivity index (χ3v) is 4.70. The van der Waals surface area contributed by atoms with Crippen LogP contribution in [0.2, 0.25) is 0 Å². The molecule has 1 atom stereocenters. The van der Waals surface area contributed by atoms with Gasteiger partial charge in [-0.2, -0.15) is 5.10 Å². The lowest BCUT2D eigenvalue weighted by molar-refractivity contribution is 0.0972. The summed E-state index contributed by atoms with van der Waals surface area (Å²) in [6.45, 7) is 4.30. The number of amides is 1. The van der Waals surface area contributed by atoms with E-state index in [0.29, 0.717) is 18.0 Å². The average Bonchev–Trinajstić information content (AvgIpc) is 3.22. The number of ether oxygens (including phenoxy) is 1. The van der Waals surface area contributed by atoms with E-state index in [4.69, 9.17) is 4.74 Å². The molecule has 6 heteroatoms. The van der Waals surface area contributed by atoms with Crippen LogP contribution in [0.4, 0.5) is 10.1 Å². The molecule has 2 aromatic carbocycles. The Morgan fingerprint density at radius 2 is 1.96 bits per heavy atom. The van der Waals surface area contributed by atoms with Gasteiger partial charge in [-0.15, -0.1) is 0 Å². The number of carbonyl (C=O) groups is 1. The van der Waals surface area contributed by atoms with Gasteiger partial charge in [0.05, 0.1) is 18.5 Å². The van der Waals surface area contributed by atoms with Crippen LogP contribution in [-0.2, 0) is 6.42 Å². The molecular weight excluding hydrogens is 345 g/mol. The Morgan fingerprint density at radius 1 is 1.22 bits per heavy atom. The summed E-state index contributed by atoms with van der Waals surface area (Å²) in [4.78, 5) is 15.1. The first-order valence-electron chi connectivity index (χ1n) is 8.98. The number of carbonyl (C=O) groups excluding carboxylic acids is 1. The summed E-state index contributed by atoms with van der Waals surface area (Å²) in [6, 6.07) is 13.9. The largest absolute Gasteiger partial charge is 0.490 e. The Kier molecular flexibility index (Phi) is 4.39. The van der Waals surface area contributed by atoms with Crippen molar-refractivity contribution in [3.63, 3.8) is 0 Å². The van der Waals surface area contributed by atoms with Crippen molar-refractivity contribution in [3.8, 4) is 11.4 Å². The van der Waals surface area contributed by atoms with Crippen molar-refractivity contribution in [2.75, 3.05) is 11.5 Å². The quantitative estimate of drug-likeness (QED) is 0.702. The van der Waals surface area contributed by atoms with E-state index in [9.17, 15) is 9.18 Å². The molecule has 0 saturated heterocycles. The second-order valence-corrected chi connectivity index (χ2v) is 6.55. The summed E-state index contributed by atoms with van der Waals surface area (Å²) in [7, 11) is 0. The average molecular weight is 365 g/mol. The Hall–Kier alpha value is -3.15. The van der Waals surface area contributed by atoms with E-state index >= 15 is 0 Å². The van der Waals surface area contributed by atoms with Crippen LogP contribution in [0.3, 0.4) is 0 Å². The molecule has 0 N–H and O–H groups in total. The minimum Gasteiger partial charge on any atom is -0.490 e. The smallest absolute Gasteiger partial charge is 0.282 e. The Morgan fingerprint density at radius 3 is 2.70 bits per heavy atom. The van der Waals surface area contributed by atoms with E-state index in [-0.39, 0.29) is 23.5 Å². The van der Waals surface area contributed by atoms with E-state index in [1.54, 1.807) is 27.9 Å². The summed E-state index contributed by atoms with van der Waals surface area (Å²) < 4.78 is 20.4. The van der Waals surface area contributed by atoms with Crippen LogP contribution in [0.5, 0.6) is 5.75 Å². The van der Waals surface area contributed by atoms with Gasteiger partial charge in [0.2, 0.25) is 0 Å². The van der Waals surface area contributed by atoms with Crippen LogP contribution < -0.4 is 9.64 Å². The molecule has 0 spiro atoms. The lowest BCUT2D eigenvalue weighted by atomic mass is 10.1. The zero-order valence-electron chi connectivity index (χ0n) is 15.2. The second-order valence-electron chi connectivity index (χ2n) is 6.55. The number of anilines is 1. The van der Waals surface area contributed by atoms with E-state index < -0.39 is 0 Å². The highest BCUT2D eigenvalue weighted by atomic mass is 19.1. The number of aromatic nitrogens is 2. The monoisotopic (exact) mass is 365 g/mol. The molecular formula is C21H20FN3O2. The summed E-state index contributed by atoms with van der Waals surface area (Å²) >= 11 is 0. The number of hydrogen-bond acceptors (Lipinski definition) is 3. The molecule has 0 aliphatic carbocycles. The highest BCUT2D eigenvalue weighted by Gasteiger charge is 2.34. The van der Waals surface area contributed by atoms with Crippen LogP contribution in [0.15, 0.2) is 54.7 Å². The van der Waals surface area contributed by atoms with Crippen molar-refractivity contribution in [3.05, 3.63) is 71.8 Å². The first-order valence-corrected chi connectivity index (χ1v) is 8.98. The molecule has 0 bridgehead atoms. The van der Waals surface area contributed by atoms with E-state index in [0.717, 1.165) is 17.7 Å². The number of benzene rings is 2. The van der Waals surface area contributed by atoms with Gasteiger partial charge >= 0.3 is 0 Å². The Balaban J connectivity index is 1.74. The summed E-state index contributed by atoms with van der Waals surface area (Å²) in [5.74, 6) is -0.102. The molecule has 3 aromatic rings. The fraction of sp³-hybridized carbons (Fsp3) is 0.238. The van der Waals surface area contributed by atoms with Gasteiger partial charge in [-0.3, -0.25) is 4.79 Å². The van der Waals surface area contributed by atoms with Gasteiger partial charge in [0.25, 0.3) is 5.91 Å². The molecule has 1 aliphatic heterocycles. The standard InChI is InChI=1S/C21H20FN3O2/c1-3-27-19-13-24(17-10-8-16(22)9-11-17)23-20(19)21(26)25-14(2)12-15-6-4-5-7-18(15)25/h4-11,13-14H,3,12H2,1-2H3/t14-/m1/s1. The molecule has 138 valence electrons. The SMILES string of the molecule is CCOc1cn(-c2ccc(F)cc2)nc1C(=O)N1c2ccccc2C[C@H]1C. The molecule has 1 aliphatic rings. The predicted octanol–water partition coefficient (Wildman–Crippen LogP) is 4.00. The minimum absolute atomic E-state index is 0.0420. The molecule has 27 heavy (non-hydrogen) atoms. The molecule has 0 radical (unpaired) electrons. The number of para-hydroxylation sites is 1. The Labute approximate surface area is 157 Å². The number of rotatable bonds is 4. The molecule has 1 aromatic heterocycles. The van der Waals surface area contributed by atoms with Crippen molar-refractivity contribution < 1.29 is 13.9 Å². The van der Waals surface area contributed by atoms with Crippen LogP contribution in [-0.4, -0.2) is 28.3 Å². The van der Waals surface area contributed by atoms with Crippen LogP contribution in [0, 0.1) is 5.82 Å². The minimum atomic E-state index is -0.324. The van der Waals surface area contributed by atoms with Gasteiger partial charge in [-0.25, -0.2) is 9.07 Å². The van der Waals surface area contributed by atoms with Gasteiger partial charge in [-0.1, -0.05) is 18.2 Å². The maximum Gasteiger partial charge on any atom is 0.282 e. The van der Waals surface area contributed by atoms with Crippen molar-refractivity contribution in [1.82, 2.24) is 9.78 Å². The zero-order chi connectivity index (χ0) is 19.0. The summed E-state index contributed by atoms with van der Waals surface area (Å²) in [6.07, 6.45) is 2.47. The highest BCUT2D eigenvalue weighted by molar-refractivity contribution is 6.08. The highest BCUT2D eigenvalue weighted by Crippen LogP contribution is 2.34. The van der Waals surface area contributed by atoms with Crippen LogP contribution >= 0.6 is 0 Å². The molecule has 0 fully saturated rings. The third-order valence-electron chi connectivity index (χ3n) is 4.70. The third kappa shape index (κ3) is 3.07. The van der Waals surface area contributed by atoms with Gasteiger partial charge in [0.15, 0.2) is 11.4 Å². The number of nitrogens with zero attached hydrogens (tertiary/aromatic N) is 3.